The molecule has 1 aliphatic rings. The van der Waals surface area contributed by atoms with Crippen LogP contribution in [0.1, 0.15) is 12.8 Å². The van der Waals surface area contributed by atoms with Crippen molar-refractivity contribution in [3.8, 4) is 0 Å². The Bertz CT molecular complexity index is 744. The van der Waals surface area contributed by atoms with E-state index in [1.54, 1.807) is 18.2 Å². The van der Waals surface area contributed by atoms with E-state index in [1.807, 2.05) is 0 Å². The molecule has 1 aromatic carbocycles. The predicted octanol–water partition coefficient (Wildman–Crippen LogP) is 1.34. The third-order valence-electron chi connectivity index (χ3n) is 3.80. The molecular formula is C14H16ClN3O2. The van der Waals surface area contributed by atoms with Crippen molar-refractivity contribution < 1.29 is 0 Å². The van der Waals surface area contributed by atoms with Crippen molar-refractivity contribution in [3.05, 3.63) is 44.1 Å². The molecule has 1 saturated heterocycles. The summed E-state index contributed by atoms with van der Waals surface area (Å²) in [6.07, 6.45) is 2.10. The van der Waals surface area contributed by atoms with Crippen LogP contribution in [0.15, 0.2) is 27.8 Å². The van der Waals surface area contributed by atoms with Crippen molar-refractivity contribution in [2.45, 2.75) is 19.4 Å². The van der Waals surface area contributed by atoms with Gasteiger partial charge in [0.2, 0.25) is 0 Å². The molecule has 1 aliphatic heterocycles. The van der Waals surface area contributed by atoms with Gasteiger partial charge in [0.25, 0.3) is 5.56 Å². The molecule has 0 saturated carbocycles. The monoisotopic (exact) mass is 293 g/mol. The molecule has 20 heavy (non-hydrogen) atoms. The van der Waals surface area contributed by atoms with Crippen LogP contribution >= 0.6 is 11.6 Å². The van der Waals surface area contributed by atoms with Crippen molar-refractivity contribution in [3.63, 3.8) is 0 Å². The summed E-state index contributed by atoms with van der Waals surface area (Å²) in [5, 5.41) is 4.05. The molecule has 1 atom stereocenters. The number of piperidine rings is 1. The highest BCUT2D eigenvalue weighted by Gasteiger charge is 2.17. The zero-order chi connectivity index (χ0) is 14.1. The van der Waals surface area contributed by atoms with Crippen LogP contribution in [0.3, 0.4) is 0 Å². The largest absolute Gasteiger partial charge is 0.328 e. The maximum atomic E-state index is 12.5. The Kier molecular flexibility index (Phi) is 3.63. The number of benzene rings is 1. The second-order valence-electron chi connectivity index (χ2n) is 5.22. The molecule has 3 rings (SSSR count). The zero-order valence-corrected chi connectivity index (χ0v) is 11.7. The average Bonchev–Trinajstić information content (AvgIpc) is 2.44. The molecule has 1 aromatic heterocycles. The van der Waals surface area contributed by atoms with Gasteiger partial charge in [-0.2, -0.15) is 0 Å². The Morgan fingerprint density at radius 1 is 1.35 bits per heavy atom. The van der Waals surface area contributed by atoms with E-state index < -0.39 is 0 Å². The quantitative estimate of drug-likeness (QED) is 0.878. The summed E-state index contributed by atoms with van der Waals surface area (Å²) >= 11 is 6.08. The molecule has 6 heteroatoms. The van der Waals surface area contributed by atoms with Gasteiger partial charge in [0.15, 0.2) is 0 Å². The molecule has 1 unspecified atom stereocenters. The number of H-pyrrole nitrogens is 1. The second-order valence-corrected chi connectivity index (χ2v) is 5.63. The second kappa shape index (κ2) is 5.42. The summed E-state index contributed by atoms with van der Waals surface area (Å²) in [5.41, 5.74) is -0.180. The minimum atomic E-state index is -0.365. The Morgan fingerprint density at radius 3 is 2.95 bits per heavy atom. The molecule has 0 amide bonds. The number of hydrogen-bond donors (Lipinski definition) is 2. The van der Waals surface area contributed by atoms with Crippen molar-refractivity contribution in [1.82, 2.24) is 14.9 Å². The molecule has 0 aliphatic carbocycles. The first-order chi connectivity index (χ1) is 9.66. The molecule has 2 N–H and O–H groups in total. The van der Waals surface area contributed by atoms with E-state index in [1.165, 1.54) is 4.57 Å². The van der Waals surface area contributed by atoms with Gasteiger partial charge in [-0.15, -0.1) is 0 Å². The summed E-state index contributed by atoms with van der Waals surface area (Å²) in [6.45, 7) is 2.28. The number of fused-ring (bicyclic) bond motifs is 1. The van der Waals surface area contributed by atoms with Crippen LogP contribution in [-0.2, 0) is 6.54 Å². The summed E-state index contributed by atoms with van der Waals surface area (Å²) in [4.78, 5) is 27.3. The first-order valence-corrected chi connectivity index (χ1v) is 7.16. The fourth-order valence-corrected chi connectivity index (χ4v) is 3.01. The summed E-state index contributed by atoms with van der Waals surface area (Å²) < 4.78 is 1.27. The molecular weight excluding hydrogens is 278 g/mol. The number of rotatable bonds is 2. The summed E-state index contributed by atoms with van der Waals surface area (Å²) in [5.74, 6) is 0.308. The van der Waals surface area contributed by atoms with Crippen molar-refractivity contribution in [2.24, 2.45) is 5.92 Å². The molecule has 2 heterocycles. The topological polar surface area (TPSA) is 66.9 Å². The Morgan fingerprint density at radius 2 is 2.20 bits per heavy atom. The predicted molar refractivity (Wildman–Crippen MR) is 79.4 cm³/mol. The van der Waals surface area contributed by atoms with E-state index >= 15 is 0 Å². The highest BCUT2D eigenvalue weighted by atomic mass is 35.5. The number of aromatic amines is 1. The lowest BCUT2D eigenvalue weighted by molar-refractivity contribution is 0.329. The molecule has 0 radical (unpaired) electrons. The summed E-state index contributed by atoms with van der Waals surface area (Å²) in [6, 6.07) is 5.07. The standard InChI is InChI=1S/C14H16ClN3O2/c15-10-4-1-5-11-12(10)13(19)18(14(20)17-11)8-9-3-2-6-16-7-9/h1,4-5,9,16H,2-3,6-8H2,(H,17,20). The lowest BCUT2D eigenvalue weighted by atomic mass is 10.00. The van der Waals surface area contributed by atoms with Gasteiger partial charge in [-0.3, -0.25) is 9.36 Å². The fraction of sp³-hybridized carbons (Fsp3) is 0.429. The van der Waals surface area contributed by atoms with E-state index in [0.29, 0.717) is 28.4 Å². The molecule has 0 spiro atoms. The third-order valence-corrected chi connectivity index (χ3v) is 4.11. The van der Waals surface area contributed by atoms with Gasteiger partial charge in [0.05, 0.1) is 15.9 Å². The zero-order valence-electron chi connectivity index (χ0n) is 11.0. The van der Waals surface area contributed by atoms with Crippen LogP contribution < -0.4 is 16.6 Å². The van der Waals surface area contributed by atoms with Gasteiger partial charge in [-0.1, -0.05) is 17.7 Å². The lowest BCUT2D eigenvalue weighted by Crippen LogP contribution is -2.40. The number of halogens is 1. The number of nitrogens with one attached hydrogen (secondary N) is 2. The molecule has 0 bridgehead atoms. The van der Waals surface area contributed by atoms with Gasteiger partial charge in [0, 0.05) is 6.54 Å². The Hall–Kier alpha value is -1.59. The first kappa shape index (κ1) is 13.4. The maximum absolute atomic E-state index is 12.5. The van der Waals surface area contributed by atoms with Crippen LogP contribution in [0.4, 0.5) is 0 Å². The van der Waals surface area contributed by atoms with E-state index in [4.69, 9.17) is 11.6 Å². The molecule has 2 aromatic rings. The minimum Gasteiger partial charge on any atom is -0.316 e. The van der Waals surface area contributed by atoms with Crippen LogP contribution in [0.5, 0.6) is 0 Å². The normalized spacial score (nSPS) is 19.4. The number of nitrogens with zero attached hydrogens (tertiary/aromatic N) is 1. The lowest BCUT2D eigenvalue weighted by Gasteiger charge is -2.23. The van der Waals surface area contributed by atoms with Crippen LogP contribution in [-0.4, -0.2) is 22.6 Å². The number of aromatic nitrogens is 2. The van der Waals surface area contributed by atoms with Gasteiger partial charge in [-0.05, 0) is 44.0 Å². The number of hydrogen-bond acceptors (Lipinski definition) is 3. The van der Waals surface area contributed by atoms with Gasteiger partial charge in [0.1, 0.15) is 0 Å². The van der Waals surface area contributed by atoms with Gasteiger partial charge in [-0.25, -0.2) is 4.79 Å². The highest BCUT2D eigenvalue weighted by molar-refractivity contribution is 6.35. The Balaban J connectivity index is 2.08. The average molecular weight is 294 g/mol. The Labute approximate surface area is 120 Å². The SMILES string of the molecule is O=c1[nH]c2cccc(Cl)c2c(=O)n1CC1CCCNC1. The molecule has 1 fully saturated rings. The van der Waals surface area contributed by atoms with Crippen LogP contribution in [0, 0.1) is 5.92 Å². The van der Waals surface area contributed by atoms with Crippen LogP contribution in [0.2, 0.25) is 5.02 Å². The third kappa shape index (κ3) is 2.39. The van der Waals surface area contributed by atoms with Crippen LogP contribution in [0.25, 0.3) is 10.9 Å². The van der Waals surface area contributed by atoms with Gasteiger partial charge < -0.3 is 10.3 Å². The van der Waals surface area contributed by atoms with E-state index in [0.717, 1.165) is 25.9 Å². The van der Waals surface area contributed by atoms with Gasteiger partial charge >= 0.3 is 5.69 Å². The van der Waals surface area contributed by atoms with Crippen molar-refractivity contribution >= 4 is 22.5 Å². The first-order valence-electron chi connectivity index (χ1n) is 6.79. The van der Waals surface area contributed by atoms with E-state index in [9.17, 15) is 9.59 Å². The van der Waals surface area contributed by atoms with E-state index in [-0.39, 0.29) is 11.2 Å². The highest BCUT2D eigenvalue weighted by Crippen LogP contribution is 2.17. The fourth-order valence-electron chi connectivity index (χ4n) is 2.76. The molecule has 5 nitrogen and oxygen atoms in total. The summed E-state index contributed by atoms with van der Waals surface area (Å²) in [7, 11) is 0. The molecule has 106 valence electrons. The smallest absolute Gasteiger partial charge is 0.316 e. The van der Waals surface area contributed by atoms with Crippen molar-refractivity contribution in [2.75, 3.05) is 13.1 Å². The van der Waals surface area contributed by atoms with E-state index in [2.05, 4.69) is 10.3 Å². The maximum Gasteiger partial charge on any atom is 0.328 e. The van der Waals surface area contributed by atoms with Crippen molar-refractivity contribution in [1.29, 1.82) is 0 Å². The minimum absolute atomic E-state index is 0.306.